The van der Waals surface area contributed by atoms with E-state index in [1.807, 2.05) is 25.1 Å². The zero-order valence-electron chi connectivity index (χ0n) is 12.2. The zero-order valence-corrected chi connectivity index (χ0v) is 12.2. The molecule has 0 unspecified atom stereocenters. The van der Waals surface area contributed by atoms with Crippen LogP contribution in [-0.2, 0) is 0 Å². The van der Waals surface area contributed by atoms with Crippen molar-refractivity contribution in [2.45, 2.75) is 20.8 Å². The van der Waals surface area contributed by atoms with Gasteiger partial charge < -0.3 is 20.9 Å². The van der Waals surface area contributed by atoms with Crippen molar-refractivity contribution in [2.75, 3.05) is 13.2 Å². The lowest BCUT2D eigenvalue weighted by molar-refractivity contribution is -0.456. The van der Waals surface area contributed by atoms with E-state index in [-0.39, 0.29) is 5.96 Å². The summed E-state index contributed by atoms with van der Waals surface area (Å²) < 4.78 is 11.3. The predicted octanol–water partition coefficient (Wildman–Crippen LogP) is -0.192. The molecule has 0 aliphatic carbocycles. The molecule has 0 saturated carbocycles. The topological polar surface area (TPSA) is 96.8 Å². The standard InChI is InChI=1S/C14H22N4O2/c1-4-19-13-7-11(8-17-18-14(15)16)5-6-12(13)20-9-10(2)3/h5-8,10H,4,9H2,1-3H3,(H4,15,16,18)/p+1/b17-8-. The number of guanidine groups is 1. The van der Waals surface area contributed by atoms with Crippen molar-refractivity contribution in [3.05, 3.63) is 23.8 Å². The van der Waals surface area contributed by atoms with Gasteiger partial charge in [-0.25, -0.2) is 0 Å². The third kappa shape index (κ3) is 5.60. The summed E-state index contributed by atoms with van der Waals surface area (Å²) in [6.07, 6.45) is 1.68. The van der Waals surface area contributed by atoms with Crippen LogP contribution in [0.1, 0.15) is 26.3 Å². The monoisotopic (exact) mass is 279 g/mol. The van der Waals surface area contributed by atoms with Crippen molar-refractivity contribution in [3.63, 3.8) is 0 Å². The molecule has 110 valence electrons. The summed E-state index contributed by atoms with van der Waals surface area (Å²) in [5, 5.41) is 6.33. The molecule has 0 fully saturated rings. The average Bonchev–Trinajstić information content (AvgIpc) is 2.37. The lowest BCUT2D eigenvalue weighted by Crippen LogP contribution is -2.63. The Bertz CT molecular complexity index is 480. The van der Waals surface area contributed by atoms with Gasteiger partial charge in [-0.3, -0.25) is 0 Å². The summed E-state index contributed by atoms with van der Waals surface area (Å²) >= 11 is 0. The van der Waals surface area contributed by atoms with Gasteiger partial charge in [-0.2, -0.15) is 0 Å². The number of nitrogens with zero attached hydrogens (tertiary/aromatic N) is 1. The molecule has 0 heterocycles. The van der Waals surface area contributed by atoms with Gasteiger partial charge in [-0.05, 0) is 31.0 Å². The lowest BCUT2D eigenvalue weighted by Gasteiger charge is -2.13. The van der Waals surface area contributed by atoms with E-state index in [0.29, 0.717) is 24.9 Å². The number of hydrogen-bond acceptors (Lipinski definition) is 3. The molecule has 0 aromatic heterocycles. The fourth-order valence-electron chi connectivity index (χ4n) is 1.44. The van der Waals surface area contributed by atoms with Crippen molar-refractivity contribution >= 4 is 12.2 Å². The van der Waals surface area contributed by atoms with Crippen LogP contribution >= 0.6 is 0 Å². The highest BCUT2D eigenvalue weighted by Crippen LogP contribution is 2.28. The molecule has 0 spiro atoms. The van der Waals surface area contributed by atoms with Crippen LogP contribution in [0.15, 0.2) is 23.3 Å². The second kappa shape index (κ2) is 8.04. The van der Waals surface area contributed by atoms with Crippen molar-refractivity contribution in [2.24, 2.45) is 22.5 Å². The molecular weight excluding hydrogens is 256 g/mol. The van der Waals surface area contributed by atoms with Gasteiger partial charge >= 0.3 is 0 Å². The Labute approximate surface area is 119 Å². The number of benzene rings is 1. The van der Waals surface area contributed by atoms with Gasteiger partial charge in [0, 0.05) is 10.7 Å². The molecule has 1 aromatic carbocycles. The Kier molecular flexibility index (Phi) is 6.36. The molecule has 0 atom stereocenters. The number of rotatable bonds is 7. The number of nitrogens with two attached hydrogens (primary N) is 2. The highest BCUT2D eigenvalue weighted by atomic mass is 16.5. The first kappa shape index (κ1) is 15.8. The van der Waals surface area contributed by atoms with Crippen molar-refractivity contribution in [3.8, 4) is 11.5 Å². The predicted molar refractivity (Wildman–Crippen MR) is 79.9 cm³/mol. The summed E-state index contributed by atoms with van der Waals surface area (Å²) in [6.45, 7) is 7.35. The highest BCUT2D eigenvalue weighted by molar-refractivity contribution is 5.78. The molecule has 0 aliphatic rings. The van der Waals surface area contributed by atoms with E-state index in [0.717, 1.165) is 11.3 Å². The van der Waals surface area contributed by atoms with Crippen LogP contribution in [0.2, 0.25) is 0 Å². The van der Waals surface area contributed by atoms with E-state index in [1.54, 1.807) is 6.21 Å². The Hall–Kier alpha value is -2.24. The van der Waals surface area contributed by atoms with E-state index in [1.165, 1.54) is 0 Å². The second-order valence-corrected chi connectivity index (χ2v) is 4.65. The lowest BCUT2D eigenvalue weighted by atomic mass is 10.2. The molecule has 0 bridgehead atoms. The van der Waals surface area contributed by atoms with Gasteiger partial charge in [0.15, 0.2) is 11.5 Å². The SMILES string of the molecule is CCOc1cc(/C=[NH+]\N=C(N)N)ccc1OCC(C)C. The maximum absolute atomic E-state index is 5.72. The molecule has 1 aromatic rings. The maximum Gasteiger partial charge on any atom is 0.256 e. The van der Waals surface area contributed by atoms with E-state index in [4.69, 9.17) is 20.9 Å². The van der Waals surface area contributed by atoms with Gasteiger partial charge in [0.2, 0.25) is 6.21 Å². The zero-order chi connectivity index (χ0) is 15.0. The van der Waals surface area contributed by atoms with Gasteiger partial charge in [0.1, 0.15) is 0 Å². The summed E-state index contributed by atoms with van der Waals surface area (Å²) in [4.78, 5) is 0. The highest BCUT2D eigenvalue weighted by Gasteiger charge is 2.07. The molecule has 6 nitrogen and oxygen atoms in total. The largest absolute Gasteiger partial charge is 0.490 e. The van der Waals surface area contributed by atoms with E-state index in [9.17, 15) is 0 Å². The summed E-state index contributed by atoms with van der Waals surface area (Å²) in [5.41, 5.74) is 11.3. The molecule has 1 rings (SSSR count). The Morgan fingerprint density at radius 3 is 2.65 bits per heavy atom. The van der Waals surface area contributed by atoms with Gasteiger partial charge in [0.05, 0.1) is 13.2 Å². The third-order valence-electron chi connectivity index (χ3n) is 2.26. The average molecular weight is 279 g/mol. The van der Waals surface area contributed by atoms with Crippen LogP contribution in [-0.4, -0.2) is 25.4 Å². The molecule has 0 saturated heterocycles. The van der Waals surface area contributed by atoms with Crippen LogP contribution in [0.4, 0.5) is 0 Å². The number of hydrazone groups is 1. The first-order valence-corrected chi connectivity index (χ1v) is 6.60. The van der Waals surface area contributed by atoms with Gasteiger partial charge in [-0.1, -0.05) is 13.8 Å². The maximum atomic E-state index is 5.72. The molecule has 6 heteroatoms. The second-order valence-electron chi connectivity index (χ2n) is 4.65. The minimum Gasteiger partial charge on any atom is -0.490 e. The molecule has 5 N–H and O–H groups in total. The first-order chi connectivity index (χ1) is 9.52. The van der Waals surface area contributed by atoms with Crippen LogP contribution in [0, 0.1) is 5.92 Å². The molecule has 0 radical (unpaired) electrons. The quantitative estimate of drug-likeness (QED) is 0.366. The number of ether oxygens (including phenoxy) is 2. The Morgan fingerprint density at radius 2 is 2.05 bits per heavy atom. The Balaban J connectivity index is 2.88. The minimum absolute atomic E-state index is 0.0248. The molecule has 0 amide bonds. The molecular formula is C14H23N4O2+. The summed E-state index contributed by atoms with van der Waals surface area (Å²) in [7, 11) is 0. The first-order valence-electron chi connectivity index (χ1n) is 6.60. The smallest absolute Gasteiger partial charge is 0.256 e. The van der Waals surface area contributed by atoms with Crippen molar-refractivity contribution < 1.29 is 14.6 Å². The van der Waals surface area contributed by atoms with Crippen LogP contribution in [0.5, 0.6) is 11.5 Å². The van der Waals surface area contributed by atoms with Crippen molar-refractivity contribution in [1.82, 2.24) is 0 Å². The number of hydrogen-bond donors (Lipinski definition) is 3. The van der Waals surface area contributed by atoms with Crippen molar-refractivity contribution in [1.29, 1.82) is 0 Å². The normalized spacial score (nSPS) is 10.8. The summed E-state index contributed by atoms with van der Waals surface area (Å²) in [6, 6.07) is 5.64. The van der Waals surface area contributed by atoms with Crippen LogP contribution in [0.25, 0.3) is 0 Å². The minimum atomic E-state index is -0.0248. The molecule has 0 aliphatic heterocycles. The number of nitrogens with one attached hydrogen (secondary N) is 1. The fraction of sp³-hybridized carbons (Fsp3) is 0.429. The fourth-order valence-corrected chi connectivity index (χ4v) is 1.44. The van der Waals surface area contributed by atoms with Gasteiger partial charge in [0.25, 0.3) is 5.96 Å². The molecule has 20 heavy (non-hydrogen) atoms. The summed E-state index contributed by atoms with van der Waals surface area (Å²) in [5.74, 6) is 1.87. The van der Waals surface area contributed by atoms with E-state index >= 15 is 0 Å². The van der Waals surface area contributed by atoms with E-state index in [2.05, 4.69) is 24.1 Å². The van der Waals surface area contributed by atoms with E-state index < -0.39 is 0 Å². The van der Waals surface area contributed by atoms with Crippen LogP contribution < -0.4 is 26.0 Å². The van der Waals surface area contributed by atoms with Gasteiger partial charge in [-0.15, -0.1) is 5.10 Å². The van der Waals surface area contributed by atoms with Crippen LogP contribution in [0.3, 0.4) is 0 Å². The third-order valence-corrected chi connectivity index (χ3v) is 2.26. The Morgan fingerprint density at radius 1 is 1.30 bits per heavy atom.